The first-order valence-corrected chi connectivity index (χ1v) is 4.69. The highest BCUT2D eigenvalue weighted by atomic mass is 15.6. The third kappa shape index (κ3) is 2.50. The second kappa shape index (κ2) is 3.44. The highest BCUT2D eigenvalue weighted by Crippen LogP contribution is 2.15. The van der Waals surface area contributed by atoms with E-state index in [2.05, 4.69) is 50.1 Å². The van der Waals surface area contributed by atoms with Crippen LogP contribution < -0.4 is 0 Å². The van der Waals surface area contributed by atoms with Crippen LogP contribution in [0.5, 0.6) is 0 Å². The zero-order chi connectivity index (χ0) is 10.1. The van der Waals surface area contributed by atoms with E-state index in [4.69, 9.17) is 0 Å². The van der Waals surface area contributed by atoms with Gasteiger partial charge in [-0.05, 0) is 37.1 Å². The first-order chi connectivity index (χ1) is 5.91. The number of hydrogen-bond acceptors (Lipinski definition) is 3. The molecule has 0 bridgehead atoms. The van der Waals surface area contributed by atoms with Crippen LogP contribution in [0.1, 0.15) is 40.4 Å². The minimum Gasteiger partial charge on any atom is -0.224 e. The molecule has 1 rings (SSSR count). The largest absolute Gasteiger partial charge is 0.224 e. The molecule has 0 spiro atoms. The van der Waals surface area contributed by atoms with Crippen molar-refractivity contribution in [1.29, 1.82) is 0 Å². The fourth-order valence-electron chi connectivity index (χ4n) is 1.22. The van der Waals surface area contributed by atoms with Crippen molar-refractivity contribution in [2.24, 2.45) is 5.92 Å². The third-order valence-electron chi connectivity index (χ3n) is 1.76. The summed E-state index contributed by atoms with van der Waals surface area (Å²) in [4.78, 5) is 0. The fourth-order valence-corrected chi connectivity index (χ4v) is 1.22. The van der Waals surface area contributed by atoms with Crippen LogP contribution in [0.3, 0.4) is 0 Å². The van der Waals surface area contributed by atoms with Crippen molar-refractivity contribution in [2.75, 3.05) is 0 Å². The summed E-state index contributed by atoms with van der Waals surface area (Å²) >= 11 is 0. The van der Waals surface area contributed by atoms with Gasteiger partial charge in [-0.3, -0.25) is 0 Å². The molecule has 1 heterocycles. The molecule has 0 N–H and O–H groups in total. The molecule has 0 aliphatic rings. The Morgan fingerprint density at radius 2 is 1.92 bits per heavy atom. The lowest BCUT2D eigenvalue weighted by Crippen LogP contribution is -2.26. The van der Waals surface area contributed by atoms with Crippen molar-refractivity contribution < 1.29 is 0 Å². The van der Waals surface area contributed by atoms with Crippen LogP contribution in [0.15, 0.2) is 0 Å². The van der Waals surface area contributed by atoms with Gasteiger partial charge in [-0.2, -0.15) is 0 Å². The van der Waals surface area contributed by atoms with Crippen molar-refractivity contribution >= 4 is 0 Å². The van der Waals surface area contributed by atoms with Crippen LogP contribution in [0, 0.1) is 5.92 Å². The van der Waals surface area contributed by atoms with Crippen molar-refractivity contribution in [3.8, 4) is 0 Å². The first-order valence-electron chi connectivity index (χ1n) is 4.69. The fraction of sp³-hybridized carbons (Fsp3) is 0.889. The molecule has 0 unspecified atom stereocenters. The molecule has 1 aromatic rings. The lowest BCUT2D eigenvalue weighted by atomic mass is 10.1. The number of tetrazole rings is 1. The molecule has 13 heavy (non-hydrogen) atoms. The monoisotopic (exact) mass is 182 g/mol. The predicted octanol–water partition coefficient (Wildman–Crippen LogP) is 1.63. The number of rotatable bonds is 2. The van der Waals surface area contributed by atoms with Crippen LogP contribution in [0.2, 0.25) is 0 Å². The van der Waals surface area contributed by atoms with E-state index in [1.54, 1.807) is 0 Å². The van der Waals surface area contributed by atoms with Crippen molar-refractivity contribution in [1.82, 2.24) is 20.2 Å². The maximum absolute atomic E-state index is 4.02. The van der Waals surface area contributed by atoms with E-state index in [0.717, 1.165) is 12.2 Å². The van der Waals surface area contributed by atoms with Gasteiger partial charge in [0.25, 0.3) is 0 Å². The van der Waals surface area contributed by atoms with Gasteiger partial charge in [0.15, 0.2) is 5.82 Å². The second-order valence-corrected chi connectivity index (χ2v) is 4.78. The van der Waals surface area contributed by atoms with Crippen LogP contribution in [-0.2, 0) is 12.0 Å². The highest BCUT2D eigenvalue weighted by molar-refractivity contribution is 4.87. The minimum atomic E-state index is -0.0201. The van der Waals surface area contributed by atoms with E-state index >= 15 is 0 Å². The zero-order valence-corrected chi connectivity index (χ0v) is 9.07. The average molecular weight is 182 g/mol. The van der Waals surface area contributed by atoms with E-state index in [1.807, 2.05) is 4.68 Å². The summed E-state index contributed by atoms with van der Waals surface area (Å²) < 4.78 is 1.90. The van der Waals surface area contributed by atoms with Crippen molar-refractivity contribution in [2.45, 2.75) is 46.6 Å². The van der Waals surface area contributed by atoms with Gasteiger partial charge in [0, 0.05) is 6.42 Å². The Morgan fingerprint density at radius 3 is 2.38 bits per heavy atom. The number of hydrogen-bond donors (Lipinski definition) is 0. The van der Waals surface area contributed by atoms with Gasteiger partial charge < -0.3 is 0 Å². The molecule has 0 aliphatic heterocycles. The second-order valence-electron chi connectivity index (χ2n) is 4.78. The SMILES string of the molecule is CC(C)Cc1nnnn1C(C)(C)C. The Labute approximate surface area is 79.3 Å². The summed E-state index contributed by atoms with van der Waals surface area (Å²) in [5.74, 6) is 1.56. The smallest absolute Gasteiger partial charge is 0.152 e. The Hall–Kier alpha value is -0.930. The molecular formula is C9H18N4. The third-order valence-corrected chi connectivity index (χ3v) is 1.76. The molecule has 0 saturated heterocycles. The zero-order valence-electron chi connectivity index (χ0n) is 9.07. The Bertz CT molecular complexity index is 269. The molecule has 74 valence electrons. The molecule has 0 aliphatic carbocycles. The van der Waals surface area contributed by atoms with Crippen LogP contribution in [0.4, 0.5) is 0 Å². The van der Waals surface area contributed by atoms with Crippen LogP contribution in [0.25, 0.3) is 0 Å². The predicted molar refractivity (Wildman–Crippen MR) is 51.4 cm³/mol. The maximum Gasteiger partial charge on any atom is 0.152 e. The van der Waals surface area contributed by atoms with E-state index in [1.165, 1.54) is 0 Å². The van der Waals surface area contributed by atoms with E-state index < -0.39 is 0 Å². The molecule has 0 amide bonds. The molecule has 0 atom stereocenters. The van der Waals surface area contributed by atoms with E-state index in [-0.39, 0.29) is 5.54 Å². The van der Waals surface area contributed by atoms with Crippen molar-refractivity contribution in [3.63, 3.8) is 0 Å². The van der Waals surface area contributed by atoms with Crippen molar-refractivity contribution in [3.05, 3.63) is 5.82 Å². The van der Waals surface area contributed by atoms with E-state index in [0.29, 0.717) is 5.92 Å². The molecule has 1 aromatic heterocycles. The van der Waals surface area contributed by atoms with Crippen LogP contribution in [-0.4, -0.2) is 20.2 Å². The minimum absolute atomic E-state index is 0.0201. The summed E-state index contributed by atoms with van der Waals surface area (Å²) in [6, 6.07) is 0. The van der Waals surface area contributed by atoms with E-state index in [9.17, 15) is 0 Å². The van der Waals surface area contributed by atoms with Gasteiger partial charge in [0.2, 0.25) is 0 Å². The molecule has 4 heteroatoms. The van der Waals surface area contributed by atoms with Gasteiger partial charge in [-0.1, -0.05) is 13.8 Å². The summed E-state index contributed by atoms with van der Waals surface area (Å²) in [6.45, 7) is 10.6. The summed E-state index contributed by atoms with van der Waals surface area (Å²) in [5, 5.41) is 11.7. The molecule has 0 radical (unpaired) electrons. The quantitative estimate of drug-likeness (QED) is 0.698. The maximum atomic E-state index is 4.02. The normalized spacial score (nSPS) is 12.5. The van der Waals surface area contributed by atoms with Gasteiger partial charge >= 0.3 is 0 Å². The lowest BCUT2D eigenvalue weighted by Gasteiger charge is -2.20. The summed E-state index contributed by atoms with van der Waals surface area (Å²) in [5.41, 5.74) is -0.0201. The van der Waals surface area contributed by atoms with Gasteiger partial charge in [-0.15, -0.1) is 5.10 Å². The molecular weight excluding hydrogens is 164 g/mol. The highest BCUT2D eigenvalue weighted by Gasteiger charge is 2.19. The van der Waals surface area contributed by atoms with Gasteiger partial charge in [0.1, 0.15) is 0 Å². The number of aromatic nitrogens is 4. The Morgan fingerprint density at radius 1 is 1.31 bits per heavy atom. The summed E-state index contributed by atoms with van der Waals surface area (Å²) in [6.07, 6.45) is 0.935. The topological polar surface area (TPSA) is 43.6 Å². The Balaban J connectivity index is 2.90. The number of nitrogens with zero attached hydrogens (tertiary/aromatic N) is 4. The molecule has 0 fully saturated rings. The lowest BCUT2D eigenvalue weighted by molar-refractivity contribution is 0.330. The van der Waals surface area contributed by atoms with Crippen LogP contribution >= 0.6 is 0 Å². The summed E-state index contributed by atoms with van der Waals surface area (Å²) in [7, 11) is 0. The Kier molecular flexibility index (Phi) is 2.68. The first kappa shape index (κ1) is 10.2. The molecule has 0 saturated carbocycles. The van der Waals surface area contributed by atoms with Gasteiger partial charge in [-0.25, -0.2) is 4.68 Å². The van der Waals surface area contributed by atoms with Gasteiger partial charge in [0.05, 0.1) is 5.54 Å². The average Bonchev–Trinajstić information content (AvgIpc) is 2.31. The molecule has 0 aromatic carbocycles. The molecule has 4 nitrogen and oxygen atoms in total. The standard InChI is InChI=1S/C9H18N4/c1-7(2)6-8-10-11-12-13(8)9(3,4)5/h7H,6H2,1-5H3.